The summed E-state index contributed by atoms with van der Waals surface area (Å²) < 4.78 is 5.34. The number of hydrogen-bond donors (Lipinski definition) is 0. The standard InChI is InChI=1S/C18H34N2O/c1-14(2)9-10-16(5)18(12-15(3)4)19-20-11-7-8-17(20)13-21-6/h9,15-17H,7-8,10-13H2,1-6H3/b19-18+/t16-,17+/m0/s1. The molecule has 2 atom stereocenters. The molecule has 0 aromatic rings. The van der Waals surface area contributed by atoms with Crippen molar-refractivity contribution >= 4 is 5.71 Å². The van der Waals surface area contributed by atoms with Crippen LogP contribution in [-0.4, -0.2) is 37.0 Å². The van der Waals surface area contributed by atoms with Gasteiger partial charge in [0.1, 0.15) is 0 Å². The summed E-state index contributed by atoms with van der Waals surface area (Å²) >= 11 is 0. The number of rotatable bonds is 8. The SMILES string of the molecule is COC[C@H]1CCCN1/N=C(\CC(C)C)[C@@H](C)CC=C(C)C. The average Bonchev–Trinajstić information content (AvgIpc) is 2.82. The van der Waals surface area contributed by atoms with Crippen LogP contribution in [0.4, 0.5) is 0 Å². The Kier molecular flexibility index (Phi) is 8.02. The molecule has 122 valence electrons. The fraction of sp³-hybridized carbons (Fsp3) is 0.833. The average molecular weight is 294 g/mol. The molecule has 0 amide bonds. The van der Waals surface area contributed by atoms with Gasteiger partial charge in [-0.15, -0.1) is 0 Å². The van der Waals surface area contributed by atoms with Crippen LogP contribution >= 0.6 is 0 Å². The summed E-state index contributed by atoms with van der Waals surface area (Å²) in [6.07, 6.45) is 6.95. The second kappa shape index (κ2) is 9.24. The van der Waals surface area contributed by atoms with Gasteiger partial charge in [0, 0.05) is 19.4 Å². The van der Waals surface area contributed by atoms with Crippen molar-refractivity contribution in [3.8, 4) is 0 Å². The van der Waals surface area contributed by atoms with E-state index < -0.39 is 0 Å². The van der Waals surface area contributed by atoms with Gasteiger partial charge >= 0.3 is 0 Å². The minimum Gasteiger partial charge on any atom is -0.382 e. The van der Waals surface area contributed by atoms with Crippen LogP contribution in [0.25, 0.3) is 0 Å². The molecule has 0 spiro atoms. The molecular formula is C18H34N2O. The first-order chi connectivity index (χ1) is 9.93. The van der Waals surface area contributed by atoms with E-state index in [-0.39, 0.29) is 0 Å². The van der Waals surface area contributed by atoms with Gasteiger partial charge in [-0.3, -0.25) is 5.01 Å². The lowest BCUT2D eigenvalue weighted by Crippen LogP contribution is -2.31. The van der Waals surface area contributed by atoms with Crippen LogP contribution in [0.15, 0.2) is 16.8 Å². The first kappa shape index (κ1) is 18.2. The molecule has 1 aliphatic rings. The quantitative estimate of drug-likeness (QED) is 0.486. The van der Waals surface area contributed by atoms with Crippen LogP contribution in [-0.2, 0) is 4.74 Å². The highest BCUT2D eigenvalue weighted by atomic mass is 16.5. The first-order valence-corrected chi connectivity index (χ1v) is 8.40. The van der Waals surface area contributed by atoms with Crippen LogP contribution in [0.2, 0.25) is 0 Å². The van der Waals surface area contributed by atoms with E-state index >= 15 is 0 Å². The van der Waals surface area contributed by atoms with Gasteiger partial charge in [-0.1, -0.05) is 32.4 Å². The molecule has 0 N–H and O–H groups in total. The zero-order chi connectivity index (χ0) is 15.8. The largest absolute Gasteiger partial charge is 0.382 e. The number of nitrogens with zero attached hydrogens (tertiary/aromatic N) is 2. The Morgan fingerprint density at radius 2 is 2.05 bits per heavy atom. The van der Waals surface area contributed by atoms with Crippen molar-refractivity contribution in [2.24, 2.45) is 16.9 Å². The molecule has 1 heterocycles. The molecule has 0 bridgehead atoms. The maximum Gasteiger partial charge on any atom is 0.0704 e. The van der Waals surface area contributed by atoms with Gasteiger partial charge < -0.3 is 4.74 Å². The second-order valence-electron chi connectivity index (χ2n) is 7.02. The van der Waals surface area contributed by atoms with Gasteiger partial charge in [-0.05, 0) is 51.4 Å². The Bertz CT molecular complexity index is 356. The topological polar surface area (TPSA) is 24.8 Å². The fourth-order valence-electron chi connectivity index (χ4n) is 2.79. The van der Waals surface area contributed by atoms with E-state index in [2.05, 4.69) is 45.7 Å². The van der Waals surface area contributed by atoms with E-state index in [0.29, 0.717) is 17.9 Å². The number of ether oxygens (including phenoxy) is 1. The van der Waals surface area contributed by atoms with E-state index in [1.165, 1.54) is 24.1 Å². The number of hydrazone groups is 1. The van der Waals surface area contributed by atoms with Crippen molar-refractivity contribution < 1.29 is 4.74 Å². The van der Waals surface area contributed by atoms with Gasteiger partial charge in [0.25, 0.3) is 0 Å². The van der Waals surface area contributed by atoms with Crippen LogP contribution in [0, 0.1) is 11.8 Å². The second-order valence-corrected chi connectivity index (χ2v) is 7.02. The van der Waals surface area contributed by atoms with Crippen LogP contribution in [0.3, 0.4) is 0 Å². The number of methoxy groups -OCH3 is 1. The molecule has 0 radical (unpaired) electrons. The highest BCUT2D eigenvalue weighted by molar-refractivity contribution is 5.86. The minimum absolute atomic E-state index is 0.466. The Morgan fingerprint density at radius 1 is 1.33 bits per heavy atom. The van der Waals surface area contributed by atoms with E-state index in [9.17, 15) is 0 Å². The normalized spacial score (nSPS) is 21.0. The van der Waals surface area contributed by atoms with E-state index in [4.69, 9.17) is 9.84 Å². The molecule has 0 aromatic heterocycles. The first-order valence-electron chi connectivity index (χ1n) is 8.40. The van der Waals surface area contributed by atoms with Crippen molar-refractivity contribution in [3.05, 3.63) is 11.6 Å². The minimum atomic E-state index is 0.466. The molecule has 1 aliphatic heterocycles. The third kappa shape index (κ3) is 6.64. The van der Waals surface area contributed by atoms with Crippen molar-refractivity contribution in [1.82, 2.24) is 5.01 Å². The predicted molar refractivity (Wildman–Crippen MR) is 91.7 cm³/mol. The van der Waals surface area contributed by atoms with Gasteiger partial charge in [-0.2, -0.15) is 5.10 Å². The Morgan fingerprint density at radius 3 is 2.62 bits per heavy atom. The summed E-state index contributed by atoms with van der Waals surface area (Å²) in [6.45, 7) is 13.1. The molecule has 3 nitrogen and oxygen atoms in total. The molecule has 0 saturated carbocycles. The third-order valence-corrected chi connectivity index (χ3v) is 4.03. The monoisotopic (exact) mass is 294 g/mol. The molecule has 0 unspecified atom stereocenters. The molecule has 0 aromatic carbocycles. The van der Waals surface area contributed by atoms with Gasteiger partial charge in [0.15, 0.2) is 0 Å². The number of hydrogen-bond acceptors (Lipinski definition) is 3. The maximum atomic E-state index is 5.34. The van der Waals surface area contributed by atoms with E-state index in [1.807, 2.05) is 0 Å². The Labute approximate surface area is 131 Å². The van der Waals surface area contributed by atoms with Gasteiger partial charge in [-0.25, -0.2) is 0 Å². The molecule has 1 saturated heterocycles. The summed E-state index contributed by atoms with van der Waals surface area (Å²) in [5.74, 6) is 1.17. The van der Waals surface area contributed by atoms with Crippen LogP contribution in [0.5, 0.6) is 0 Å². The molecule has 0 aliphatic carbocycles. The summed E-state index contributed by atoms with van der Waals surface area (Å²) in [4.78, 5) is 0. The molecule has 3 heteroatoms. The zero-order valence-corrected chi connectivity index (χ0v) is 14.9. The molecule has 1 fully saturated rings. The van der Waals surface area contributed by atoms with Crippen molar-refractivity contribution in [2.75, 3.05) is 20.3 Å². The van der Waals surface area contributed by atoms with Crippen LogP contribution < -0.4 is 0 Å². The van der Waals surface area contributed by atoms with Gasteiger partial charge in [0.2, 0.25) is 0 Å². The molecule has 1 rings (SSSR count). The Balaban J connectivity index is 2.79. The molecular weight excluding hydrogens is 260 g/mol. The summed E-state index contributed by atoms with van der Waals surface area (Å²) in [6, 6.07) is 0.466. The highest BCUT2D eigenvalue weighted by Gasteiger charge is 2.24. The predicted octanol–water partition coefficient (Wildman–Crippen LogP) is 4.49. The number of allylic oxidation sites excluding steroid dienone is 2. The van der Waals surface area contributed by atoms with Crippen molar-refractivity contribution in [2.45, 2.75) is 66.3 Å². The van der Waals surface area contributed by atoms with Crippen molar-refractivity contribution in [1.29, 1.82) is 0 Å². The molecule has 21 heavy (non-hydrogen) atoms. The lowest BCUT2D eigenvalue weighted by Gasteiger charge is -2.25. The lowest BCUT2D eigenvalue weighted by molar-refractivity contribution is 0.117. The summed E-state index contributed by atoms with van der Waals surface area (Å²) in [5.41, 5.74) is 2.75. The van der Waals surface area contributed by atoms with Crippen LogP contribution in [0.1, 0.15) is 60.3 Å². The maximum absolute atomic E-state index is 5.34. The summed E-state index contributed by atoms with van der Waals surface area (Å²) in [5, 5.41) is 7.31. The smallest absolute Gasteiger partial charge is 0.0704 e. The fourth-order valence-corrected chi connectivity index (χ4v) is 2.79. The van der Waals surface area contributed by atoms with E-state index in [0.717, 1.165) is 26.0 Å². The summed E-state index contributed by atoms with van der Waals surface area (Å²) in [7, 11) is 1.78. The third-order valence-electron chi connectivity index (χ3n) is 4.03. The van der Waals surface area contributed by atoms with E-state index in [1.54, 1.807) is 7.11 Å². The van der Waals surface area contributed by atoms with Crippen molar-refractivity contribution in [3.63, 3.8) is 0 Å². The van der Waals surface area contributed by atoms with Gasteiger partial charge in [0.05, 0.1) is 12.6 Å². The Hall–Kier alpha value is -0.830. The lowest BCUT2D eigenvalue weighted by atomic mass is 9.93. The highest BCUT2D eigenvalue weighted by Crippen LogP contribution is 2.21. The zero-order valence-electron chi connectivity index (χ0n) is 14.9.